The van der Waals surface area contributed by atoms with Gasteiger partial charge in [0.15, 0.2) is 0 Å². The maximum atomic E-state index is 12.9. The summed E-state index contributed by atoms with van der Waals surface area (Å²) in [7, 11) is 1.72. The molecule has 35 heavy (non-hydrogen) atoms. The summed E-state index contributed by atoms with van der Waals surface area (Å²) in [5, 5.41) is 11.2. The van der Waals surface area contributed by atoms with E-state index in [9.17, 15) is 28.8 Å². The number of nitrogens with zero attached hydrogens (tertiary/aromatic N) is 3. The molecule has 182 valence electrons. The second-order valence-electron chi connectivity index (χ2n) is 8.41. The summed E-state index contributed by atoms with van der Waals surface area (Å²) >= 11 is 0. The van der Waals surface area contributed by atoms with Gasteiger partial charge in [0, 0.05) is 20.0 Å². The first-order chi connectivity index (χ1) is 16.7. The molecular formula is C23H24N6O6. The monoisotopic (exact) mass is 480 g/mol. The fourth-order valence-corrected chi connectivity index (χ4v) is 4.05. The van der Waals surface area contributed by atoms with Gasteiger partial charge in [-0.1, -0.05) is 6.07 Å². The van der Waals surface area contributed by atoms with Crippen molar-refractivity contribution in [1.82, 2.24) is 25.3 Å². The molecule has 0 spiro atoms. The van der Waals surface area contributed by atoms with Crippen molar-refractivity contribution in [1.29, 1.82) is 0 Å². The molecule has 1 unspecified atom stereocenters. The average molecular weight is 480 g/mol. The summed E-state index contributed by atoms with van der Waals surface area (Å²) in [4.78, 5) is 74.2. The molecule has 12 nitrogen and oxygen atoms in total. The van der Waals surface area contributed by atoms with E-state index in [0.717, 1.165) is 10.5 Å². The number of amides is 6. The SMILES string of the molecule is Cc1c(NC(=O)C(=O)NCCCc2ccc3c(c2)C(=O)N(C2CCC(=O)NC2=O)C3=O)cnn1C. The summed E-state index contributed by atoms with van der Waals surface area (Å²) in [6.07, 6.45) is 2.58. The summed E-state index contributed by atoms with van der Waals surface area (Å²) < 4.78 is 1.58. The van der Waals surface area contributed by atoms with E-state index in [0.29, 0.717) is 24.2 Å². The number of anilines is 1. The molecule has 6 amide bonds. The van der Waals surface area contributed by atoms with E-state index in [1.165, 1.54) is 6.20 Å². The third kappa shape index (κ3) is 4.67. The van der Waals surface area contributed by atoms with Gasteiger partial charge < -0.3 is 10.6 Å². The normalized spacial score (nSPS) is 17.3. The lowest BCUT2D eigenvalue weighted by atomic mass is 10.0. The van der Waals surface area contributed by atoms with Gasteiger partial charge in [-0.05, 0) is 43.9 Å². The van der Waals surface area contributed by atoms with Crippen LogP contribution in [0.1, 0.15) is 51.2 Å². The number of piperidine rings is 1. The first-order valence-corrected chi connectivity index (χ1v) is 11.1. The largest absolute Gasteiger partial charge is 0.348 e. The standard InChI is InChI=1S/C23H24N6O6/c1-12-16(11-25-28(12)2)26-21(33)20(32)24-9-3-4-13-5-6-14-15(10-13)23(35)29(22(14)34)17-7-8-18(30)27-19(17)31/h5-6,10-11,17H,3-4,7-9H2,1-2H3,(H,24,32)(H,26,33)(H,27,30,31). The molecular weight excluding hydrogens is 456 g/mol. The highest BCUT2D eigenvalue weighted by atomic mass is 16.2. The molecule has 1 atom stereocenters. The number of nitrogens with one attached hydrogen (secondary N) is 3. The van der Waals surface area contributed by atoms with E-state index >= 15 is 0 Å². The van der Waals surface area contributed by atoms with Crippen LogP contribution in [-0.2, 0) is 32.6 Å². The van der Waals surface area contributed by atoms with Crippen molar-refractivity contribution >= 4 is 41.1 Å². The van der Waals surface area contributed by atoms with Gasteiger partial charge in [-0.2, -0.15) is 5.10 Å². The van der Waals surface area contributed by atoms with Crippen LogP contribution in [0.2, 0.25) is 0 Å². The number of rotatable bonds is 6. The van der Waals surface area contributed by atoms with E-state index in [1.807, 2.05) is 0 Å². The quantitative estimate of drug-likeness (QED) is 0.294. The highest BCUT2D eigenvalue weighted by molar-refractivity contribution is 6.39. The van der Waals surface area contributed by atoms with E-state index in [-0.39, 0.29) is 30.5 Å². The van der Waals surface area contributed by atoms with Crippen LogP contribution >= 0.6 is 0 Å². The Hall–Kier alpha value is -4.35. The summed E-state index contributed by atoms with van der Waals surface area (Å²) in [6, 6.07) is 3.83. The lowest BCUT2D eigenvalue weighted by Crippen LogP contribution is -2.54. The molecule has 0 aliphatic carbocycles. The number of benzene rings is 1. The molecule has 3 heterocycles. The molecule has 0 bridgehead atoms. The molecule has 3 N–H and O–H groups in total. The van der Waals surface area contributed by atoms with Crippen LogP contribution in [0.4, 0.5) is 5.69 Å². The van der Waals surface area contributed by atoms with E-state index in [2.05, 4.69) is 21.0 Å². The number of carbonyl (C=O) groups excluding carboxylic acids is 6. The van der Waals surface area contributed by atoms with Gasteiger partial charge in [0.1, 0.15) is 6.04 Å². The summed E-state index contributed by atoms with van der Waals surface area (Å²) in [6.45, 7) is 1.99. The molecule has 2 aliphatic rings. The summed E-state index contributed by atoms with van der Waals surface area (Å²) in [5.41, 5.74) is 2.34. The molecule has 0 radical (unpaired) electrons. The lowest BCUT2D eigenvalue weighted by molar-refractivity contribution is -0.136. The van der Waals surface area contributed by atoms with Crippen LogP contribution in [0.3, 0.4) is 0 Å². The molecule has 1 aromatic heterocycles. The van der Waals surface area contributed by atoms with Gasteiger partial charge >= 0.3 is 11.8 Å². The first kappa shape index (κ1) is 23.8. The third-order valence-corrected chi connectivity index (χ3v) is 6.12. The van der Waals surface area contributed by atoms with Gasteiger partial charge in [-0.25, -0.2) is 0 Å². The topological polar surface area (TPSA) is 160 Å². The Morgan fingerprint density at radius 2 is 1.86 bits per heavy atom. The predicted molar refractivity (Wildman–Crippen MR) is 121 cm³/mol. The maximum Gasteiger partial charge on any atom is 0.313 e. The average Bonchev–Trinajstić information content (AvgIpc) is 3.27. The van der Waals surface area contributed by atoms with Gasteiger partial charge in [0.2, 0.25) is 11.8 Å². The molecule has 2 aliphatic heterocycles. The van der Waals surface area contributed by atoms with E-state index in [4.69, 9.17) is 0 Å². The Balaban J connectivity index is 1.31. The number of hydrogen-bond acceptors (Lipinski definition) is 7. The van der Waals surface area contributed by atoms with Crippen molar-refractivity contribution in [2.24, 2.45) is 7.05 Å². The van der Waals surface area contributed by atoms with E-state index in [1.54, 1.807) is 36.9 Å². The van der Waals surface area contributed by atoms with Gasteiger partial charge in [-0.3, -0.25) is 43.7 Å². The number of fused-ring (bicyclic) bond motifs is 1. The van der Waals surface area contributed by atoms with Crippen molar-refractivity contribution in [2.75, 3.05) is 11.9 Å². The van der Waals surface area contributed by atoms with Gasteiger partial charge in [-0.15, -0.1) is 0 Å². The van der Waals surface area contributed by atoms with Crippen molar-refractivity contribution in [3.8, 4) is 0 Å². The second-order valence-corrected chi connectivity index (χ2v) is 8.41. The number of aryl methyl sites for hydroxylation is 2. The number of carbonyl (C=O) groups is 6. The molecule has 0 saturated carbocycles. The fourth-order valence-electron chi connectivity index (χ4n) is 4.05. The smallest absolute Gasteiger partial charge is 0.313 e. The van der Waals surface area contributed by atoms with Crippen LogP contribution in [0, 0.1) is 6.92 Å². The zero-order valence-corrected chi connectivity index (χ0v) is 19.2. The fraction of sp³-hybridized carbons (Fsp3) is 0.348. The summed E-state index contributed by atoms with van der Waals surface area (Å²) in [5.74, 6) is -3.79. The highest BCUT2D eigenvalue weighted by Gasteiger charge is 2.44. The maximum absolute atomic E-state index is 12.9. The van der Waals surface area contributed by atoms with Gasteiger partial charge in [0.25, 0.3) is 11.8 Å². The minimum absolute atomic E-state index is 0.0562. The minimum atomic E-state index is -1.01. The van der Waals surface area contributed by atoms with E-state index < -0.39 is 41.5 Å². The zero-order valence-electron chi connectivity index (χ0n) is 19.2. The second kappa shape index (κ2) is 9.49. The molecule has 4 rings (SSSR count). The zero-order chi connectivity index (χ0) is 25.3. The first-order valence-electron chi connectivity index (χ1n) is 11.1. The molecule has 1 saturated heterocycles. The Kier molecular flexibility index (Phi) is 6.45. The molecule has 2 aromatic rings. The molecule has 1 aromatic carbocycles. The van der Waals surface area contributed by atoms with Crippen molar-refractivity contribution in [3.05, 3.63) is 46.8 Å². The number of aromatic nitrogens is 2. The Morgan fingerprint density at radius 3 is 2.54 bits per heavy atom. The minimum Gasteiger partial charge on any atom is -0.348 e. The van der Waals surface area contributed by atoms with Crippen molar-refractivity contribution in [3.63, 3.8) is 0 Å². The van der Waals surface area contributed by atoms with Gasteiger partial charge in [0.05, 0.1) is 28.7 Å². The molecule has 12 heteroatoms. The Bertz CT molecular complexity index is 1270. The molecule has 1 fully saturated rings. The Labute approximate surface area is 200 Å². The van der Waals surface area contributed by atoms with Crippen molar-refractivity contribution < 1.29 is 28.8 Å². The van der Waals surface area contributed by atoms with Crippen LogP contribution in [-0.4, -0.2) is 62.7 Å². The number of hydrogen-bond donors (Lipinski definition) is 3. The van der Waals surface area contributed by atoms with Crippen LogP contribution < -0.4 is 16.0 Å². The van der Waals surface area contributed by atoms with Crippen LogP contribution in [0.15, 0.2) is 24.4 Å². The Morgan fingerprint density at radius 1 is 1.11 bits per heavy atom. The predicted octanol–water partition coefficient (Wildman–Crippen LogP) is -0.183. The van der Waals surface area contributed by atoms with Crippen LogP contribution in [0.25, 0.3) is 0 Å². The highest BCUT2D eigenvalue weighted by Crippen LogP contribution is 2.28. The van der Waals surface area contributed by atoms with Crippen molar-refractivity contribution in [2.45, 2.75) is 38.6 Å². The number of imide groups is 2. The van der Waals surface area contributed by atoms with Crippen LogP contribution in [0.5, 0.6) is 0 Å². The lowest BCUT2D eigenvalue weighted by Gasteiger charge is -2.27. The third-order valence-electron chi connectivity index (χ3n) is 6.12.